The smallest absolute Gasteiger partial charge is 0.0578 e. The van der Waals surface area contributed by atoms with Crippen LogP contribution >= 0.6 is 27.0 Å². The maximum absolute atomic E-state index is 10.2. The van der Waals surface area contributed by atoms with E-state index in [4.69, 9.17) is 0 Å². The van der Waals surface area contributed by atoms with Gasteiger partial charge in [-0.2, -0.15) is 27.0 Å². The quantitative estimate of drug-likeness (QED) is 0.474. The van der Waals surface area contributed by atoms with Crippen LogP contribution in [0.4, 0.5) is 0 Å². The fraction of sp³-hybridized carbons (Fsp3) is 0.852. The normalized spacial score (nSPS) is 49.4. The van der Waals surface area contributed by atoms with E-state index in [-0.39, 0.29) is 33.1 Å². The Hall–Kier alpha value is 0.140. The van der Waals surface area contributed by atoms with E-state index in [1.807, 2.05) is 5.57 Å². The summed E-state index contributed by atoms with van der Waals surface area (Å²) in [6, 6.07) is 0. The Morgan fingerprint density at radius 3 is 2.17 bits per heavy atom. The number of aliphatic hydroxyl groups excluding tert-OH is 1. The Bertz CT molecular complexity index is 726. The van der Waals surface area contributed by atoms with Gasteiger partial charge in [-0.05, 0) is 104 Å². The molecule has 30 heavy (non-hydrogen) atoms. The first-order chi connectivity index (χ1) is 13.2. The summed E-state index contributed by atoms with van der Waals surface area (Å²) < 4.78 is 0. The third-order valence-electron chi connectivity index (χ3n) is 11.0. The van der Waals surface area contributed by atoms with Crippen LogP contribution < -0.4 is 0 Å². The van der Waals surface area contributed by atoms with Crippen LogP contribution in [0.3, 0.4) is 0 Å². The first-order valence-electron chi connectivity index (χ1n) is 12.3. The molecule has 5 rings (SSSR count). The highest BCUT2D eigenvalue weighted by molar-refractivity contribution is 7.59. The van der Waals surface area contributed by atoms with Gasteiger partial charge >= 0.3 is 0 Å². The highest BCUT2D eigenvalue weighted by Gasteiger charge is 2.62. The van der Waals surface area contributed by atoms with Gasteiger partial charge in [0, 0.05) is 0 Å². The average Bonchev–Trinajstić information content (AvgIpc) is 2.98. The molecule has 0 aromatic heterocycles. The zero-order valence-corrected chi connectivity index (χ0v) is 21.9. The van der Waals surface area contributed by atoms with Crippen LogP contribution in [0.25, 0.3) is 0 Å². The lowest BCUT2D eigenvalue weighted by Crippen LogP contribution is -2.53. The lowest BCUT2D eigenvalue weighted by molar-refractivity contribution is -0.0958. The van der Waals surface area contributed by atoms with Crippen LogP contribution in [-0.4, -0.2) is 11.2 Å². The van der Waals surface area contributed by atoms with Gasteiger partial charge in [-0.3, -0.25) is 0 Å². The van der Waals surface area contributed by atoms with E-state index in [0.29, 0.717) is 16.2 Å². The third kappa shape index (κ3) is 3.23. The van der Waals surface area contributed by atoms with E-state index in [0.717, 1.165) is 42.4 Å². The lowest BCUT2D eigenvalue weighted by Gasteiger charge is -2.61. The molecule has 5 unspecified atom stereocenters. The Kier molecular flexibility index (Phi) is 6.75. The largest absolute Gasteiger partial charge is 0.393 e. The monoisotopic (exact) mass is 450 g/mol. The average molecular weight is 451 g/mol. The van der Waals surface area contributed by atoms with Crippen molar-refractivity contribution in [2.45, 2.75) is 98.5 Å². The molecule has 0 aliphatic heterocycles. The first kappa shape index (κ1) is 24.8. The lowest BCUT2D eigenvalue weighted by atomic mass is 9.44. The minimum Gasteiger partial charge on any atom is -0.393 e. The summed E-state index contributed by atoms with van der Waals surface area (Å²) in [4.78, 5) is 0. The number of allylic oxidation sites excluding steroid dienone is 3. The van der Waals surface area contributed by atoms with E-state index in [2.05, 4.69) is 46.8 Å². The summed E-state index contributed by atoms with van der Waals surface area (Å²) >= 11 is 0. The van der Waals surface area contributed by atoms with Crippen LogP contribution in [0.1, 0.15) is 92.4 Å². The van der Waals surface area contributed by atoms with Crippen LogP contribution in [0.15, 0.2) is 23.3 Å². The summed E-state index contributed by atoms with van der Waals surface area (Å²) in [5.74, 6) is 4.24. The molecule has 3 heteroatoms. The number of fused-ring (bicyclic) bond motifs is 5. The van der Waals surface area contributed by atoms with Gasteiger partial charge in [0.1, 0.15) is 0 Å². The van der Waals surface area contributed by atoms with E-state index in [1.54, 1.807) is 5.57 Å². The molecule has 0 bridgehead atoms. The van der Waals surface area contributed by atoms with Crippen molar-refractivity contribution in [3.63, 3.8) is 0 Å². The van der Waals surface area contributed by atoms with Gasteiger partial charge < -0.3 is 5.11 Å². The third-order valence-corrected chi connectivity index (χ3v) is 11.0. The van der Waals surface area contributed by atoms with Crippen molar-refractivity contribution in [3.8, 4) is 0 Å². The fourth-order valence-electron chi connectivity index (χ4n) is 9.36. The molecular formula is C27H46OS2. The van der Waals surface area contributed by atoms with Crippen molar-refractivity contribution >= 4 is 27.0 Å². The second kappa shape index (κ2) is 8.17. The first-order valence-corrected chi connectivity index (χ1v) is 12.3. The predicted molar refractivity (Wildman–Crippen MR) is 138 cm³/mol. The summed E-state index contributed by atoms with van der Waals surface area (Å²) in [7, 11) is 0. The Morgan fingerprint density at radius 2 is 1.53 bits per heavy atom. The molecule has 4 fully saturated rings. The standard InChI is InChI=1S/C27H42O.2H2S/c1-17(2)21-11-14-26(21,4)24-9-8-22-20-7-6-18-16-19(28)10-13-25(18,3)23(20)12-15-27(22,24)5;;/h6-7,17,19,21-24,28H,8-16H2,1-5H3;2*1H2/t19-,21?,22?,23?,24?,25-,26?,27-;;/m0../s1. The highest BCUT2D eigenvalue weighted by atomic mass is 32.1. The second-order valence-corrected chi connectivity index (χ2v) is 12.3. The topological polar surface area (TPSA) is 20.2 Å². The van der Waals surface area contributed by atoms with Crippen molar-refractivity contribution in [2.24, 2.45) is 45.8 Å². The fourth-order valence-corrected chi connectivity index (χ4v) is 9.36. The Labute approximate surface area is 199 Å². The van der Waals surface area contributed by atoms with E-state index < -0.39 is 0 Å². The van der Waals surface area contributed by atoms with Gasteiger partial charge in [-0.1, -0.05) is 57.9 Å². The highest BCUT2D eigenvalue weighted by Crippen LogP contribution is 2.71. The molecular weight excluding hydrogens is 404 g/mol. The molecule has 172 valence electrons. The summed E-state index contributed by atoms with van der Waals surface area (Å²) in [6.45, 7) is 12.8. The maximum atomic E-state index is 10.2. The molecule has 5 aliphatic rings. The molecule has 0 spiro atoms. The molecule has 8 atom stereocenters. The van der Waals surface area contributed by atoms with Gasteiger partial charge in [0.15, 0.2) is 0 Å². The Morgan fingerprint density at radius 1 is 0.833 bits per heavy atom. The molecule has 0 aromatic carbocycles. The molecule has 0 saturated heterocycles. The van der Waals surface area contributed by atoms with E-state index in [9.17, 15) is 5.11 Å². The molecule has 0 aromatic rings. The van der Waals surface area contributed by atoms with Gasteiger partial charge in [-0.25, -0.2) is 0 Å². The van der Waals surface area contributed by atoms with Crippen LogP contribution in [-0.2, 0) is 0 Å². The van der Waals surface area contributed by atoms with Gasteiger partial charge in [0.2, 0.25) is 0 Å². The molecule has 0 heterocycles. The molecule has 0 amide bonds. The minimum absolute atomic E-state index is 0. The molecule has 1 nitrogen and oxygen atoms in total. The summed E-state index contributed by atoms with van der Waals surface area (Å²) in [5, 5.41) is 10.2. The number of hydrogen-bond donors (Lipinski definition) is 1. The second-order valence-electron chi connectivity index (χ2n) is 12.3. The molecule has 1 N–H and O–H groups in total. The van der Waals surface area contributed by atoms with Crippen LogP contribution in [0.2, 0.25) is 0 Å². The van der Waals surface area contributed by atoms with Crippen molar-refractivity contribution in [1.82, 2.24) is 0 Å². The van der Waals surface area contributed by atoms with Crippen molar-refractivity contribution in [1.29, 1.82) is 0 Å². The molecule has 0 radical (unpaired) electrons. The molecule has 4 saturated carbocycles. The van der Waals surface area contributed by atoms with Gasteiger partial charge in [-0.15, -0.1) is 0 Å². The zero-order valence-electron chi connectivity index (χ0n) is 19.9. The van der Waals surface area contributed by atoms with Crippen molar-refractivity contribution < 1.29 is 5.11 Å². The number of rotatable bonds is 2. The maximum Gasteiger partial charge on any atom is 0.0578 e. The summed E-state index contributed by atoms with van der Waals surface area (Å²) in [6.07, 6.45) is 16.6. The number of hydrogen-bond acceptors (Lipinski definition) is 1. The Balaban J connectivity index is 0.00000128. The van der Waals surface area contributed by atoms with Crippen LogP contribution in [0, 0.1) is 45.8 Å². The van der Waals surface area contributed by atoms with E-state index >= 15 is 0 Å². The minimum atomic E-state index is -0.106. The van der Waals surface area contributed by atoms with E-state index in [1.165, 1.54) is 44.9 Å². The number of aliphatic hydroxyl groups is 1. The van der Waals surface area contributed by atoms with Gasteiger partial charge in [0.05, 0.1) is 6.10 Å². The van der Waals surface area contributed by atoms with Crippen LogP contribution in [0.5, 0.6) is 0 Å². The zero-order chi connectivity index (χ0) is 19.9. The van der Waals surface area contributed by atoms with Crippen molar-refractivity contribution in [2.75, 3.05) is 0 Å². The molecule has 5 aliphatic carbocycles. The van der Waals surface area contributed by atoms with Gasteiger partial charge in [0.25, 0.3) is 0 Å². The SMILES string of the molecule is CC(C)C1CCC1(C)C1CCC2C3=CC=C4C[C@@H](O)CC[C@]4(C)C3CC[C@@]21C.S.S. The predicted octanol–water partition coefficient (Wildman–Crippen LogP) is 7.14. The van der Waals surface area contributed by atoms with Crippen molar-refractivity contribution in [3.05, 3.63) is 23.3 Å². The summed E-state index contributed by atoms with van der Waals surface area (Å²) in [5.41, 5.74) is 4.77.